The van der Waals surface area contributed by atoms with E-state index in [1.165, 1.54) is 29.2 Å². The van der Waals surface area contributed by atoms with Crippen molar-refractivity contribution in [3.05, 3.63) is 24.3 Å². The number of nitrogens with two attached hydrogens (primary N) is 1. The van der Waals surface area contributed by atoms with Gasteiger partial charge in [0.1, 0.15) is 0 Å². The Balaban J connectivity index is 2.80. The van der Waals surface area contributed by atoms with Crippen molar-refractivity contribution in [1.82, 2.24) is 4.90 Å². The van der Waals surface area contributed by atoms with Gasteiger partial charge in [-0.05, 0) is 25.1 Å². The molecule has 1 aromatic carbocycles. The minimum absolute atomic E-state index is 0.0620. The molecular formula is C12H17N3O5S. The number of carbonyl (C=O) groups is 2. The normalized spacial score (nSPS) is 11.0. The van der Waals surface area contributed by atoms with Gasteiger partial charge < -0.3 is 15.3 Å². The van der Waals surface area contributed by atoms with Crippen molar-refractivity contribution >= 4 is 27.7 Å². The Labute approximate surface area is 122 Å². The fraction of sp³-hybridized carbons (Fsp3) is 0.333. The zero-order valence-electron chi connectivity index (χ0n) is 11.4. The first kappa shape index (κ1) is 16.9. The summed E-state index contributed by atoms with van der Waals surface area (Å²) in [5.41, 5.74) is 0.264. The summed E-state index contributed by atoms with van der Waals surface area (Å²) < 4.78 is 22.5. The van der Waals surface area contributed by atoms with Crippen LogP contribution in [0.1, 0.15) is 13.3 Å². The number of primary sulfonamides is 1. The summed E-state index contributed by atoms with van der Waals surface area (Å²) in [6.07, 6.45) is -0.168. The standard InChI is InChI=1S/C12H17N3O5S/c1-2-15(7-6-11(16)17)12(18)14-9-4-3-5-10(8-9)21(13,19)20/h3-5,8H,2,6-7H2,1H3,(H,14,18)(H,16,17)(H2,13,19,20). The maximum absolute atomic E-state index is 12.0. The fourth-order valence-corrected chi connectivity index (χ4v) is 2.15. The third kappa shape index (κ3) is 5.40. The summed E-state index contributed by atoms with van der Waals surface area (Å²) in [5.74, 6) is -1.00. The topological polar surface area (TPSA) is 130 Å². The molecule has 2 amide bonds. The van der Waals surface area contributed by atoms with Gasteiger partial charge in [-0.25, -0.2) is 18.4 Å². The number of carbonyl (C=O) groups excluding carboxylic acids is 1. The molecule has 1 aromatic rings. The van der Waals surface area contributed by atoms with Crippen LogP contribution in [0.2, 0.25) is 0 Å². The van der Waals surface area contributed by atoms with E-state index in [1.54, 1.807) is 6.92 Å². The van der Waals surface area contributed by atoms with E-state index in [1.807, 2.05) is 0 Å². The van der Waals surface area contributed by atoms with Crippen LogP contribution in [0.3, 0.4) is 0 Å². The van der Waals surface area contributed by atoms with E-state index in [9.17, 15) is 18.0 Å². The van der Waals surface area contributed by atoms with Crippen molar-refractivity contribution in [3.8, 4) is 0 Å². The van der Waals surface area contributed by atoms with E-state index < -0.39 is 22.0 Å². The molecule has 1 rings (SSSR count). The number of benzene rings is 1. The van der Waals surface area contributed by atoms with Gasteiger partial charge in [-0.15, -0.1) is 0 Å². The summed E-state index contributed by atoms with van der Waals surface area (Å²) in [5, 5.41) is 16.1. The fourth-order valence-electron chi connectivity index (χ4n) is 1.59. The Morgan fingerprint density at radius 1 is 1.38 bits per heavy atom. The second-order valence-corrected chi connectivity index (χ2v) is 5.79. The molecular weight excluding hydrogens is 298 g/mol. The number of rotatable bonds is 6. The highest BCUT2D eigenvalue weighted by molar-refractivity contribution is 7.89. The molecule has 0 aliphatic rings. The van der Waals surface area contributed by atoms with Crippen LogP contribution in [0.15, 0.2) is 29.2 Å². The monoisotopic (exact) mass is 315 g/mol. The smallest absolute Gasteiger partial charge is 0.321 e. The maximum atomic E-state index is 12.0. The second-order valence-electron chi connectivity index (χ2n) is 4.23. The zero-order valence-corrected chi connectivity index (χ0v) is 12.3. The van der Waals surface area contributed by atoms with Crippen LogP contribution in [0, 0.1) is 0 Å². The Morgan fingerprint density at radius 2 is 2.05 bits per heavy atom. The average molecular weight is 315 g/mol. The van der Waals surface area contributed by atoms with Crippen molar-refractivity contribution in [2.45, 2.75) is 18.2 Å². The SMILES string of the molecule is CCN(CCC(=O)O)C(=O)Nc1cccc(S(N)(=O)=O)c1. The van der Waals surface area contributed by atoms with Gasteiger partial charge in [0.15, 0.2) is 0 Å². The van der Waals surface area contributed by atoms with Crippen LogP contribution in [0.4, 0.5) is 10.5 Å². The molecule has 0 radical (unpaired) electrons. The maximum Gasteiger partial charge on any atom is 0.321 e. The summed E-state index contributed by atoms with van der Waals surface area (Å²) in [4.78, 5) is 23.7. The van der Waals surface area contributed by atoms with Gasteiger partial charge in [-0.1, -0.05) is 6.07 Å². The lowest BCUT2D eigenvalue weighted by Gasteiger charge is -2.20. The number of hydrogen-bond acceptors (Lipinski definition) is 4. The van der Waals surface area contributed by atoms with E-state index in [-0.39, 0.29) is 23.5 Å². The second kappa shape index (κ2) is 7.04. The third-order valence-electron chi connectivity index (χ3n) is 2.68. The molecule has 0 saturated heterocycles. The first-order valence-electron chi connectivity index (χ1n) is 6.14. The number of aliphatic carboxylic acids is 1. The van der Waals surface area contributed by atoms with Crippen LogP contribution in [-0.2, 0) is 14.8 Å². The summed E-state index contributed by atoms with van der Waals surface area (Å²) in [6.45, 7) is 2.10. The number of sulfonamides is 1. The van der Waals surface area contributed by atoms with Gasteiger partial charge in [0, 0.05) is 18.8 Å². The molecule has 0 aromatic heterocycles. The number of amides is 2. The quantitative estimate of drug-likeness (QED) is 0.710. The van der Waals surface area contributed by atoms with Crippen LogP contribution < -0.4 is 10.5 Å². The van der Waals surface area contributed by atoms with Crippen molar-refractivity contribution in [2.75, 3.05) is 18.4 Å². The van der Waals surface area contributed by atoms with Crippen LogP contribution in [0.25, 0.3) is 0 Å². The number of carboxylic acid groups (broad SMARTS) is 1. The van der Waals surface area contributed by atoms with Gasteiger partial charge in [-0.2, -0.15) is 0 Å². The lowest BCUT2D eigenvalue weighted by atomic mass is 10.3. The molecule has 9 heteroatoms. The molecule has 0 bridgehead atoms. The zero-order chi connectivity index (χ0) is 16.0. The number of anilines is 1. The number of urea groups is 1. The van der Waals surface area contributed by atoms with E-state index >= 15 is 0 Å². The lowest BCUT2D eigenvalue weighted by Crippen LogP contribution is -2.36. The van der Waals surface area contributed by atoms with Gasteiger partial charge >= 0.3 is 12.0 Å². The van der Waals surface area contributed by atoms with Gasteiger partial charge in [0.25, 0.3) is 0 Å². The Morgan fingerprint density at radius 3 is 2.57 bits per heavy atom. The number of carboxylic acids is 1. The average Bonchev–Trinajstić information content (AvgIpc) is 2.38. The predicted molar refractivity (Wildman–Crippen MR) is 76.3 cm³/mol. The molecule has 0 unspecified atom stereocenters. The van der Waals surface area contributed by atoms with Crippen molar-refractivity contribution in [1.29, 1.82) is 0 Å². The molecule has 116 valence electrons. The van der Waals surface area contributed by atoms with E-state index in [4.69, 9.17) is 10.2 Å². The predicted octanol–water partition coefficient (Wildman–Crippen LogP) is 0.662. The van der Waals surface area contributed by atoms with Crippen LogP contribution in [-0.4, -0.2) is 43.5 Å². The molecule has 21 heavy (non-hydrogen) atoms. The van der Waals surface area contributed by atoms with E-state index in [2.05, 4.69) is 5.32 Å². The van der Waals surface area contributed by atoms with Gasteiger partial charge in [-0.3, -0.25) is 4.79 Å². The van der Waals surface area contributed by atoms with E-state index in [0.29, 0.717) is 6.54 Å². The third-order valence-corrected chi connectivity index (χ3v) is 3.59. The highest BCUT2D eigenvalue weighted by atomic mass is 32.2. The highest BCUT2D eigenvalue weighted by Gasteiger charge is 2.14. The van der Waals surface area contributed by atoms with Crippen LogP contribution in [0.5, 0.6) is 0 Å². The summed E-state index contributed by atoms with van der Waals surface area (Å²) >= 11 is 0. The molecule has 4 N–H and O–H groups in total. The van der Waals surface area contributed by atoms with E-state index in [0.717, 1.165) is 0 Å². The molecule has 0 spiro atoms. The molecule has 0 heterocycles. The number of nitrogens with one attached hydrogen (secondary N) is 1. The first-order chi connectivity index (χ1) is 9.74. The summed E-state index contributed by atoms with van der Waals surface area (Å²) in [6, 6.07) is 5.00. The van der Waals surface area contributed by atoms with Gasteiger partial charge in [0.05, 0.1) is 11.3 Å². The highest BCUT2D eigenvalue weighted by Crippen LogP contribution is 2.14. The van der Waals surface area contributed by atoms with Crippen LogP contribution >= 0.6 is 0 Å². The first-order valence-corrected chi connectivity index (χ1v) is 7.69. The molecule has 0 fully saturated rings. The van der Waals surface area contributed by atoms with Gasteiger partial charge in [0.2, 0.25) is 10.0 Å². The minimum atomic E-state index is -3.85. The molecule has 0 atom stereocenters. The molecule has 8 nitrogen and oxygen atoms in total. The minimum Gasteiger partial charge on any atom is -0.481 e. The molecule has 0 aliphatic heterocycles. The van der Waals surface area contributed by atoms with Crippen molar-refractivity contribution < 1.29 is 23.1 Å². The number of nitrogens with zero attached hydrogens (tertiary/aromatic N) is 1. The Bertz CT molecular complexity index is 630. The lowest BCUT2D eigenvalue weighted by molar-refractivity contribution is -0.137. The van der Waals surface area contributed by atoms with Crippen molar-refractivity contribution in [3.63, 3.8) is 0 Å². The van der Waals surface area contributed by atoms with Crippen molar-refractivity contribution in [2.24, 2.45) is 5.14 Å². The molecule has 0 aliphatic carbocycles. The largest absolute Gasteiger partial charge is 0.481 e. The number of hydrogen-bond donors (Lipinski definition) is 3. The Kier molecular flexibility index (Phi) is 5.68. The summed E-state index contributed by atoms with van der Waals surface area (Å²) in [7, 11) is -3.85. The Hall–Kier alpha value is -2.13. The molecule has 0 saturated carbocycles.